The third-order valence-corrected chi connectivity index (χ3v) is 4.47. The van der Waals surface area contributed by atoms with Gasteiger partial charge < -0.3 is 18.9 Å². The fraction of sp³-hybridized carbons (Fsp3) is 0.182. The Bertz CT molecular complexity index is 982. The number of hydrogen-bond acceptors (Lipinski definition) is 6. The zero-order valence-corrected chi connectivity index (χ0v) is 16.1. The van der Waals surface area contributed by atoms with Crippen LogP contribution in [-0.4, -0.2) is 40.0 Å². The summed E-state index contributed by atoms with van der Waals surface area (Å²) in [5.41, 5.74) is 1.34. The van der Waals surface area contributed by atoms with Crippen molar-refractivity contribution < 1.29 is 28.5 Å². The van der Waals surface area contributed by atoms with Crippen molar-refractivity contribution in [2.45, 2.75) is 0 Å². The highest BCUT2D eigenvalue weighted by Gasteiger charge is 2.38. The smallest absolute Gasteiger partial charge is 0.232 e. The number of hydrogen-bond donors (Lipinski definition) is 0. The molecular formula is C22H20O6. The Balaban J connectivity index is 2.17. The monoisotopic (exact) mass is 380 g/mol. The number of Topliss-reactive ketones (excluding diaryl/α,β-unsaturated/α-hetero) is 2. The molecule has 144 valence electrons. The minimum absolute atomic E-state index is 0.0335. The molecule has 0 saturated heterocycles. The van der Waals surface area contributed by atoms with E-state index in [9.17, 15) is 9.59 Å². The van der Waals surface area contributed by atoms with Crippen molar-refractivity contribution in [3.63, 3.8) is 0 Å². The lowest BCUT2D eigenvalue weighted by Crippen LogP contribution is -2.24. The van der Waals surface area contributed by atoms with Gasteiger partial charge in [-0.3, -0.25) is 9.59 Å². The van der Waals surface area contributed by atoms with Crippen molar-refractivity contribution >= 4 is 22.7 Å². The molecule has 6 nitrogen and oxygen atoms in total. The Kier molecular flexibility index (Phi) is 5.49. The molecule has 0 amide bonds. The van der Waals surface area contributed by atoms with Gasteiger partial charge in [0, 0.05) is 0 Å². The summed E-state index contributed by atoms with van der Waals surface area (Å²) in [5, 5.41) is 0. The maximum Gasteiger partial charge on any atom is 0.232 e. The Labute approximate surface area is 163 Å². The number of benzene rings is 2. The van der Waals surface area contributed by atoms with Gasteiger partial charge in [-0.05, 0) is 35.4 Å². The average Bonchev–Trinajstić information content (AvgIpc) is 2.74. The van der Waals surface area contributed by atoms with E-state index >= 15 is 0 Å². The van der Waals surface area contributed by atoms with Crippen molar-refractivity contribution in [1.29, 1.82) is 0 Å². The third kappa shape index (κ3) is 3.24. The molecule has 0 aliphatic heterocycles. The first kappa shape index (κ1) is 19.2. The minimum Gasteiger partial charge on any atom is -0.497 e. The van der Waals surface area contributed by atoms with Crippen LogP contribution in [0.15, 0.2) is 60.0 Å². The van der Waals surface area contributed by atoms with Gasteiger partial charge in [0.25, 0.3) is 0 Å². The first-order valence-corrected chi connectivity index (χ1v) is 8.50. The van der Waals surface area contributed by atoms with Gasteiger partial charge in [0.05, 0.1) is 39.6 Å². The van der Waals surface area contributed by atoms with E-state index in [1.54, 1.807) is 55.6 Å². The lowest BCUT2D eigenvalue weighted by molar-refractivity contribution is -0.117. The molecule has 6 heteroatoms. The number of carbonyl (C=O) groups excluding carboxylic acids is 2. The summed E-state index contributed by atoms with van der Waals surface area (Å²) in [6.45, 7) is 0. The third-order valence-electron chi connectivity index (χ3n) is 4.47. The quantitative estimate of drug-likeness (QED) is 0.717. The fourth-order valence-corrected chi connectivity index (χ4v) is 3.11. The van der Waals surface area contributed by atoms with Crippen LogP contribution in [0.25, 0.3) is 11.1 Å². The standard InChI is InChI=1S/C22H20O6/c1-25-15-10-8-13(9-11-15)17-19(23)22(28-4)18(20(24)21(17)27-3)14-6-5-7-16(12-14)26-2/h5-12H,1-4H3. The number of methoxy groups -OCH3 is 4. The Hall–Kier alpha value is -3.54. The summed E-state index contributed by atoms with van der Waals surface area (Å²) in [7, 11) is 5.81. The maximum atomic E-state index is 13.2. The van der Waals surface area contributed by atoms with E-state index in [0.29, 0.717) is 22.6 Å². The molecule has 0 radical (unpaired) electrons. The van der Waals surface area contributed by atoms with Crippen LogP contribution in [0.3, 0.4) is 0 Å². The van der Waals surface area contributed by atoms with Crippen molar-refractivity contribution in [2.24, 2.45) is 0 Å². The minimum atomic E-state index is -0.432. The van der Waals surface area contributed by atoms with Crippen molar-refractivity contribution in [1.82, 2.24) is 0 Å². The van der Waals surface area contributed by atoms with Crippen LogP contribution < -0.4 is 9.47 Å². The van der Waals surface area contributed by atoms with Gasteiger partial charge in [0.2, 0.25) is 11.6 Å². The van der Waals surface area contributed by atoms with E-state index < -0.39 is 11.6 Å². The molecule has 2 aromatic carbocycles. The number of ketones is 2. The Morgan fingerprint density at radius 1 is 0.571 bits per heavy atom. The van der Waals surface area contributed by atoms with E-state index in [0.717, 1.165) is 0 Å². The average molecular weight is 380 g/mol. The molecule has 0 saturated carbocycles. The lowest BCUT2D eigenvalue weighted by Gasteiger charge is -2.22. The SMILES string of the molecule is COC1=C(c2ccc(OC)cc2)C(=O)C(OC)=C(c2cccc(OC)c2)C1=O. The molecule has 0 aromatic heterocycles. The highest BCUT2D eigenvalue weighted by molar-refractivity contribution is 6.46. The normalized spacial score (nSPS) is 14.3. The van der Waals surface area contributed by atoms with Crippen molar-refractivity contribution in [3.05, 3.63) is 71.2 Å². The van der Waals surface area contributed by atoms with E-state index in [-0.39, 0.29) is 22.7 Å². The van der Waals surface area contributed by atoms with Crippen molar-refractivity contribution in [2.75, 3.05) is 28.4 Å². The topological polar surface area (TPSA) is 71.1 Å². The number of ether oxygens (including phenoxy) is 4. The molecule has 0 fully saturated rings. The molecular weight excluding hydrogens is 360 g/mol. The van der Waals surface area contributed by atoms with Gasteiger partial charge >= 0.3 is 0 Å². The summed E-state index contributed by atoms with van der Waals surface area (Å²) in [6, 6.07) is 13.7. The van der Waals surface area contributed by atoms with Gasteiger partial charge in [-0.1, -0.05) is 24.3 Å². The fourth-order valence-electron chi connectivity index (χ4n) is 3.11. The van der Waals surface area contributed by atoms with Crippen LogP contribution in [0.4, 0.5) is 0 Å². The molecule has 0 atom stereocenters. The predicted octanol–water partition coefficient (Wildman–Crippen LogP) is 3.27. The number of allylic oxidation sites excluding steroid dienone is 2. The van der Waals surface area contributed by atoms with E-state index in [1.807, 2.05) is 0 Å². The highest BCUT2D eigenvalue weighted by Crippen LogP contribution is 2.37. The zero-order valence-electron chi connectivity index (χ0n) is 16.1. The summed E-state index contributed by atoms with van der Waals surface area (Å²) in [4.78, 5) is 26.5. The van der Waals surface area contributed by atoms with Gasteiger partial charge in [-0.25, -0.2) is 0 Å². The van der Waals surface area contributed by atoms with E-state index in [1.165, 1.54) is 21.3 Å². The van der Waals surface area contributed by atoms with Crippen LogP contribution in [0, 0.1) is 0 Å². The molecule has 0 unspecified atom stereocenters. The molecule has 1 aliphatic rings. The van der Waals surface area contributed by atoms with Crippen molar-refractivity contribution in [3.8, 4) is 11.5 Å². The molecule has 1 aliphatic carbocycles. The van der Waals surface area contributed by atoms with Gasteiger partial charge in [-0.15, -0.1) is 0 Å². The van der Waals surface area contributed by atoms with Gasteiger partial charge in [0.15, 0.2) is 11.5 Å². The second-order valence-electron chi connectivity index (χ2n) is 5.94. The second kappa shape index (κ2) is 8.00. The molecule has 2 aromatic rings. The van der Waals surface area contributed by atoms with E-state index in [2.05, 4.69) is 0 Å². The molecule has 0 N–H and O–H groups in total. The summed E-state index contributed by atoms with van der Waals surface area (Å²) >= 11 is 0. The maximum absolute atomic E-state index is 13.2. The summed E-state index contributed by atoms with van der Waals surface area (Å²) in [5.74, 6) is 0.265. The molecule has 28 heavy (non-hydrogen) atoms. The van der Waals surface area contributed by atoms with Crippen LogP contribution in [-0.2, 0) is 19.1 Å². The van der Waals surface area contributed by atoms with E-state index in [4.69, 9.17) is 18.9 Å². The summed E-state index contributed by atoms with van der Waals surface area (Å²) < 4.78 is 21.1. The van der Waals surface area contributed by atoms with Gasteiger partial charge in [-0.2, -0.15) is 0 Å². The zero-order chi connectivity index (χ0) is 20.3. The highest BCUT2D eigenvalue weighted by atomic mass is 16.5. The first-order valence-electron chi connectivity index (χ1n) is 8.50. The molecule has 0 heterocycles. The Morgan fingerprint density at radius 2 is 1.11 bits per heavy atom. The largest absolute Gasteiger partial charge is 0.497 e. The van der Waals surface area contributed by atoms with Crippen LogP contribution >= 0.6 is 0 Å². The van der Waals surface area contributed by atoms with Gasteiger partial charge in [0.1, 0.15) is 11.5 Å². The predicted molar refractivity (Wildman–Crippen MR) is 104 cm³/mol. The molecule has 0 spiro atoms. The first-order chi connectivity index (χ1) is 13.5. The second-order valence-corrected chi connectivity index (χ2v) is 5.94. The van der Waals surface area contributed by atoms with Crippen LogP contribution in [0.5, 0.6) is 11.5 Å². The van der Waals surface area contributed by atoms with Crippen LogP contribution in [0.1, 0.15) is 11.1 Å². The van der Waals surface area contributed by atoms with Crippen LogP contribution in [0.2, 0.25) is 0 Å². The molecule has 0 bridgehead atoms. The molecule has 3 rings (SSSR count). The summed E-state index contributed by atoms with van der Waals surface area (Å²) in [6.07, 6.45) is 0. The Morgan fingerprint density at radius 3 is 1.61 bits per heavy atom. The lowest BCUT2D eigenvalue weighted by atomic mass is 9.86. The number of rotatable bonds is 6. The number of carbonyl (C=O) groups is 2.